The van der Waals surface area contributed by atoms with Crippen molar-refractivity contribution in [2.45, 2.75) is 18.9 Å². The third-order valence-electron chi connectivity index (χ3n) is 3.21. The van der Waals surface area contributed by atoms with E-state index in [1.165, 1.54) is 18.2 Å². The lowest BCUT2D eigenvalue weighted by atomic mass is 10.1. The Morgan fingerprint density at radius 1 is 1.35 bits per heavy atom. The zero-order valence-corrected chi connectivity index (χ0v) is 10.8. The highest BCUT2D eigenvalue weighted by Crippen LogP contribution is 2.30. The molecule has 2 N–H and O–H groups in total. The van der Waals surface area contributed by atoms with Crippen molar-refractivity contribution >= 4 is 10.0 Å². The van der Waals surface area contributed by atoms with E-state index in [1.807, 2.05) is 12.1 Å². The monoisotopic (exact) mass is 254 g/mol. The number of aryl methyl sites for hydroxylation is 1. The minimum atomic E-state index is -3.10. The predicted octanol–water partition coefficient (Wildman–Crippen LogP) is 0.813. The average Bonchev–Trinajstić information content (AvgIpc) is 2.73. The van der Waals surface area contributed by atoms with Gasteiger partial charge in [-0.3, -0.25) is 0 Å². The molecular formula is C12H18N2O2S. The van der Waals surface area contributed by atoms with Gasteiger partial charge in [0.25, 0.3) is 0 Å². The van der Waals surface area contributed by atoms with Crippen LogP contribution in [0.2, 0.25) is 0 Å². The van der Waals surface area contributed by atoms with Crippen molar-refractivity contribution < 1.29 is 8.42 Å². The van der Waals surface area contributed by atoms with Crippen molar-refractivity contribution in [3.63, 3.8) is 0 Å². The summed E-state index contributed by atoms with van der Waals surface area (Å²) in [6.07, 6.45) is 2.13. The number of fused-ring (bicyclic) bond motifs is 1. The molecule has 1 aromatic carbocycles. The summed E-state index contributed by atoms with van der Waals surface area (Å²) in [6.45, 7) is 0.488. The van der Waals surface area contributed by atoms with E-state index < -0.39 is 10.0 Å². The van der Waals surface area contributed by atoms with Crippen LogP contribution in [0.4, 0.5) is 0 Å². The third kappa shape index (κ3) is 3.06. The lowest BCUT2D eigenvalue weighted by Gasteiger charge is -2.13. The van der Waals surface area contributed by atoms with E-state index >= 15 is 0 Å². The van der Waals surface area contributed by atoms with E-state index in [2.05, 4.69) is 22.2 Å². The standard InChI is InChI=1S/C12H18N2O2S/c1-13-17(15,16)9-8-14-12-7-6-10-4-2-3-5-11(10)12/h2-5,12-14H,6-9H2,1H3. The Morgan fingerprint density at radius 3 is 2.88 bits per heavy atom. The Bertz CT molecular complexity index is 485. The number of nitrogens with one attached hydrogen (secondary N) is 2. The molecule has 1 atom stereocenters. The van der Waals surface area contributed by atoms with Gasteiger partial charge in [-0.1, -0.05) is 24.3 Å². The van der Waals surface area contributed by atoms with Gasteiger partial charge in [0.15, 0.2) is 0 Å². The molecule has 0 spiro atoms. The number of sulfonamides is 1. The van der Waals surface area contributed by atoms with Crippen molar-refractivity contribution in [2.24, 2.45) is 0 Å². The van der Waals surface area contributed by atoms with Gasteiger partial charge in [-0.15, -0.1) is 0 Å². The summed E-state index contributed by atoms with van der Waals surface area (Å²) in [5.74, 6) is 0.127. The van der Waals surface area contributed by atoms with Crippen LogP contribution < -0.4 is 10.0 Å². The van der Waals surface area contributed by atoms with Gasteiger partial charge in [-0.25, -0.2) is 13.1 Å². The van der Waals surface area contributed by atoms with Gasteiger partial charge in [-0.2, -0.15) is 0 Å². The quantitative estimate of drug-likeness (QED) is 0.817. The van der Waals surface area contributed by atoms with Gasteiger partial charge in [0.05, 0.1) is 5.75 Å². The SMILES string of the molecule is CNS(=O)(=O)CCNC1CCc2ccccc21. The van der Waals surface area contributed by atoms with Crippen LogP contribution in [0.1, 0.15) is 23.6 Å². The molecule has 0 bridgehead atoms. The van der Waals surface area contributed by atoms with Crippen molar-refractivity contribution in [1.82, 2.24) is 10.0 Å². The van der Waals surface area contributed by atoms with Crippen molar-refractivity contribution in [1.29, 1.82) is 0 Å². The molecule has 2 rings (SSSR count). The Balaban J connectivity index is 1.90. The van der Waals surface area contributed by atoms with Crippen LogP contribution in [0.3, 0.4) is 0 Å². The van der Waals surface area contributed by atoms with E-state index in [0.29, 0.717) is 12.6 Å². The molecule has 1 aromatic rings. The smallest absolute Gasteiger partial charge is 0.212 e. The fourth-order valence-corrected chi connectivity index (χ4v) is 2.83. The fraction of sp³-hybridized carbons (Fsp3) is 0.500. The highest BCUT2D eigenvalue weighted by atomic mass is 32.2. The molecular weight excluding hydrogens is 236 g/mol. The Morgan fingerprint density at radius 2 is 2.12 bits per heavy atom. The first-order valence-electron chi connectivity index (χ1n) is 5.85. The number of rotatable bonds is 5. The molecule has 4 nitrogen and oxygen atoms in total. The third-order valence-corrected chi connectivity index (χ3v) is 4.57. The molecule has 1 aliphatic carbocycles. The zero-order chi connectivity index (χ0) is 12.3. The molecule has 0 saturated heterocycles. The summed E-state index contributed by atoms with van der Waals surface area (Å²) >= 11 is 0. The van der Waals surface area contributed by atoms with E-state index in [0.717, 1.165) is 12.8 Å². The normalized spacial score (nSPS) is 19.2. The largest absolute Gasteiger partial charge is 0.309 e. The lowest BCUT2D eigenvalue weighted by Crippen LogP contribution is -2.31. The van der Waals surface area contributed by atoms with Crippen LogP contribution in [0.25, 0.3) is 0 Å². The highest BCUT2D eigenvalue weighted by Gasteiger charge is 2.21. The number of hydrogen-bond acceptors (Lipinski definition) is 3. The molecule has 0 heterocycles. The molecule has 1 unspecified atom stereocenters. The minimum absolute atomic E-state index is 0.127. The molecule has 5 heteroatoms. The van der Waals surface area contributed by atoms with Gasteiger partial charge in [-0.05, 0) is 31.0 Å². The van der Waals surface area contributed by atoms with E-state index in [-0.39, 0.29) is 5.75 Å². The molecule has 94 valence electrons. The van der Waals surface area contributed by atoms with Gasteiger partial charge < -0.3 is 5.32 Å². The molecule has 17 heavy (non-hydrogen) atoms. The highest BCUT2D eigenvalue weighted by molar-refractivity contribution is 7.89. The Hall–Kier alpha value is -0.910. The summed E-state index contributed by atoms with van der Waals surface area (Å²) in [6, 6.07) is 8.64. The number of hydrogen-bond donors (Lipinski definition) is 2. The second-order valence-corrected chi connectivity index (χ2v) is 6.31. The van der Waals surface area contributed by atoms with Crippen LogP contribution in [0.15, 0.2) is 24.3 Å². The molecule has 0 amide bonds. The van der Waals surface area contributed by atoms with Gasteiger partial charge in [0.1, 0.15) is 0 Å². The molecule has 0 saturated carbocycles. The van der Waals surface area contributed by atoms with Gasteiger partial charge in [0, 0.05) is 12.6 Å². The van der Waals surface area contributed by atoms with Crippen molar-refractivity contribution in [3.8, 4) is 0 Å². The van der Waals surface area contributed by atoms with E-state index in [9.17, 15) is 8.42 Å². The Labute approximate surface area is 102 Å². The van der Waals surface area contributed by atoms with Crippen LogP contribution in [-0.4, -0.2) is 27.8 Å². The first-order chi connectivity index (χ1) is 8.12. The summed E-state index contributed by atoms with van der Waals surface area (Å²) in [7, 11) is -1.66. The van der Waals surface area contributed by atoms with Crippen molar-refractivity contribution in [2.75, 3.05) is 19.3 Å². The van der Waals surface area contributed by atoms with Crippen LogP contribution >= 0.6 is 0 Å². The summed E-state index contributed by atoms with van der Waals surface area (Å²) in [5.41, 5.74) is 2.69. The Kier molecular flexibility index (Phi) is 3.81. The van der Waals surface area contributed by atoms with E-state index in [1.54, 1.807) is 0 Å². The maximum absolute atomic E-state index is 11.3. The first-order valence-corrected chi connectivity index (χ1v) is 7.50. The zero-order valence-electron chi connectivity index (χ0n) is 9.94. The molecule has 0 fully saturated rings. The maximum atomic E-state index is 11.3. The van der Waals surface area contributed by atoms with Crippen molar-refractivity contribution in [3.05, 3.63) is 35.4 Å². The van der Waals surface area contributed by atoms with Crippen LogP contribution in [0.5, 0.6) is 0 Å². The topological polar surface area (TPSA) is 58.2 Å². The first kappa shape index (κ1) is 12.5. The summed E-state index contributed by atoms with van der Waals surface area (Å²) in [5, 5.41) is 3.31. The van der Waals surface area contributed by atoms with Gasteiger partial charge in [0.2, 0.25) is 10.0 Å². The average molecular weight is 254 g/mol. The van der Waals surface area contributed by atoms with Gasteiger partial charge >= 0.3 is 0 Å². The second-order valence-electron chi connectivity index (χ2n) is 4.27. The lowest BCUT2D eigenvalue weighted by molar-refractivity contribution is 0.539. The maximum Gasteiger partial charge on any atom is 0.212 e. The molecule has 0 aromatic heterocycles. The summed E-state index contributed by atoms with van der Waals surface area (Å²) < 4.78 is 24.9. The molecule has 0 radical (unpaired) electrons. The van der Waals surface area contributed by atoms with E-state index in [4.69, 9.17) is 0 Å². The van der Waals surface area contributed by atoms with Crippen LogP contribution in [-0.2, 0) is 16.4 Å². The fourth-order valence-electron chi connectivity index (χ4n) is 2.24. The van der Waals surface area contributed by atoms with Crippen LogP contribution in [0, 0.1) is 0 Å². The minimum Gasteiger partial charge on any atom is -0.309 e. The summed E-state index contributed by atoms with van der Waals surface area (Å²) in [4.78, 5) is 0. The molecule has 0 aliphatic heterocycles. The number of benzene rings is 1. The molecule has 1 aliphatic rings. The second kappa shape index (κ2) is 5.16. The predicted molar refractivity (Wildman–Crippen MR) is 68.4 cm³/mol.